The van der Waals surface area contributed by atoms with E-state index in [9.17, 15) is 0 Å². The smallest absolute Gasteiger partial charge is 0.161 e. The Kier molecular flexibility index (Phi) is 2.52. The number of hydrogen-bond acceptors (Lipinski definition) is 4. The maximum atomic E-state index is 8.71. The second-order valence-electron chi connectivity index (χ2n) is 3.47. The van der Waals surface area contributed by atoms with Crippen LogP contribution in [0.25, 0.3) is 11.4 Å². The molecule has 0 spiro atoms. The highest BCUT2D eigenvalue weighted by molar-refractivity contribution is 5.59. The number of nitrogens with zero attached hydrogens (tertiary/aromatic N) is 3. The van der Waals surface area contributed by atoms with Crippen molar-refractivity contribution in [3.63, 3.8) is 0 Å². The number of rotatable bonds is 1. The molecule has 0 saturated heterocycles. The molecule has 0 saturated carbocycles. The van der Waals surface area contributed by atoms with Crippen molar-refractivity contribution < 1.29 is 0 Å². The van der Waals surface area contributed by atoms with Crippen LogP contribution >= 0.6 is 0 Å². The first-order valence-electron chi connectivity index (χ1n) is 4.80. The zero-order valence-corrected chi connectivity index (χ0v) is 8.81. The minimum Gasteiger partial charge on any atom is -0.382 e. The summed E-state index contributed by atoms with van der Waals surface area (Å²) in [4.78, 5) is 8.21. The van der Waals surface area contributed by atoms with Crippen molar-refractivity contribution in [3.8, 4) is 17.5 Å². The summed E-state index contributed by atoms with van der Waals surface area (Å²) in [5, 5.41) is 8.71. The minimum atomic E-state index is 0.217. The Morgan fingerprint density at radius 3 is 2.81 bits per heavy atom. The van der Waals surface area contributed by atoms with Crippen LogP contribution in [0.1, 0.15) is 11.1 Å². The van der Waals surface area contributed by atoms with E-state index in [4.69, 9.17) is 11.0 Å². The number of anilines is 1. The van der Waals surface area contributed by atoms with Gasteiger partial charge in [0.05, 0.1) is 6.20 Å². The number of nitrogen functional groups attached to an aromatic ring is 1. The summed E-state index contributed by atoms with van der Waals surface area (Å²) in [5.41, 5.74) is 7.96. The fourth-order valence-electron chi connectivity index (χ4n) is 1.40. The van der Waals surface area contributed by atoms with Crippen LogP contribution < -0.4 is 5.73 Å². The van der Waals surface area contributed by atoms with Crippen LogP contribution in [-0.2, 0) is 0 Å². The molecule has 0 radical (unpaired) electrons. The molecular formula is C12H10N4. The van der Waals surface area contributed by atoms with Crippen molar-refractivity contribution in [2.75, 3.05) is 5.73 Å². The summed E-state index contributed by atoms with van der Waals surface area (Å²) >= 11 is 0. The van der Waals surface area contributed by atoms with Crippen LogP contribution in [0.4, 0.5) is 5.82 Å². The van der Waals surface area contributed by atoms with E-state index >= 15 is 0 Å². The molecule has 4 heteroatoms. The van der Waals surface area contributed by atoms with Crippen molar-refractivity contribution in [1.82, 2.24) is 9.97 Å². The molecule has 1 aromatic carbocycles. The first-order chi connectivity index (χ1) is 7.70. The molecule has 16 heavy (non-hydrogen) atoms. The van der Waals surface area contributed by atoms with Crippen LogP contribution in [-0.4, -0.2) is 9.97 Å². The summed E-state index contributed by atoms with van der Waals surface area (Å²) in [7, 11) is 0. The average molecular weight is 210 g/mol. The lowest BCUT2D eigenvalue weighted by Crippen LogP contribution is -1.98. The largest absolute Gasteiger partial charge is 0.382 e. The highest BCUT2D eigenvalue weighted by Gasteiger charge is 2.05. The fraction of sp³-hybridized carbons (Fsp3) is 0.0833. The Morgan fingerprint density at radius 1 is 1.38 bits per heavy atom. The van der Waals surface area contributed by atoms with Crippen LogP contribution in [0.5, 0.6) is 0 Å². The molecular weight excluding hydrogens is 200 g/mol. The van der Waals surface area contributed by atoms with Gasteiger partial charge >= 0.3 is 0 Å². The van der Waals surface area contributed by atoms with Crippen molar-refractivity contribution in [2.45, 2.75) is 6.92 Å². The molecule has 0 unspecified atom stereocenters. The monoisotopic (exact) mass is 210 g/mol. The van der Waals surface area contributed by atoms with Crippen LogP contribution in [0.2, 0.25) is 0 Å². The quantitative estimate of drug-likeness (QED) is 0.780. The normalized spacial score (nSPS) is 9.75. The molecule has 0 aliphatic rings. The molecule has 0 aliphatic carbocycles. The number of aromatic nitrogens is 2. The van der Waals surface area contributed by atoms with E-state index in [0.717, 1.165) is 11.1 Å². The summed E-state index contributed by atoms with van der Waals surface area (Å²) < 4.78 is 0. The molecule has 0 atom stereocenters. The second-order valence-corrected chi connectivity index (χ2v) is 3.47. The van der Waals surface area contributed by atoms with Gasteiger partial charge in [-0.2, -0.15) is 5.26 Å². The van der Waals surface area contributed by atoms with Gasteiger partial charge in [-0.1, -0.05) is 23.8 Å². The first-order valence-corrected chi connectivity index (χ1v) is 4.80. The Morgan fingerprint density at radius 2 is 2.19 bits per heavy atom. The zero-order valence-electron chi connectivity index (χ0n) is 8.81. The van der Waals surface area contributed by atoms with Crippen molar-refractivity contribution in [3.05, 3.63) is 41.6 Å². The minimum absolute atomic E-state index is 0.217. The lowest BCUT2D eigenvalue weighted by molar-refractivity contribution is 1.17. The molecule has 4 nitrogen and oxygen atoms in total. The maximum Gasteiger partial charge on any atom is 0.161 e. The second kappa shape index (κ2) is 3.99. The van der Waals surface area contributed by atoms with Gasteiger partial charge < -0.3 is 5.73 Å². The Hall–Kier alpha value is -2.41. The van der Waals surface area contributed by atoms with Gasteiger partial charge in [0.2, 0.25) is 0 Å². The molecule has 2 rings (SSSR count). The average Bonchev–Trinajstić information content (AvgIpc) is 2.29. The third kappa shape index (κ3) is 1.84. The lowest BCUT2D eigenvalue weighted by atomic mass is 10.1. The number of benzene rings is 1. The van der Waals surface area contributed by atoms with Gasteiger partial charge in [-0.25, -0.2) is 9.97 Å². The van der Waals surface area contributed by atoms with E-state index in [1.165, 1.54) is 6.20 Å². The molecule has 0 bridgehead atoms. The van der Waals surface area contributed by atoms with Crippen LogP contribution in [0.15, 0.2) is 30.5 Å². The summed E-state index contributed by atoms with van der Waals surface area (Å²) in [6, 6.07) is 9.75. The zero-order chi connectivity index (χ0) is 11.5. The molecule has 0 aliphatic heterocycles. The van der Waals surface area contributed by atoms with Gasteiger partial charge in [0, 0.05) is 5.56 Å². The number of hydrogen-bond donors (Lipinski definition) is 1. The predicted molar refractivity (Wildman–Crippen MR) is 61.3 cm³/mol. The van der Waals surface area contributed by atoms with Crippen LogP contribution in [0, 0.1) is 18.3 Å². The molecule has 78 valence electrons. The Labute approximate surface area is 93.4 Å². The van der Waals surface area contributed by atoms with Crippen LogP contribution in [0.3, 0.4) is 0 Å². The summed E-state index contributed by atoms with van der Waals surface area (Å²) in [6.07, 6.45) is 1.44. The Bertz CT molecular complexity index is 569. The molecule has 1 aromatic heterocycles. The van der Waals surface area contributed by atoms with Gasteiger partial charge in [0.15, 0.2) is 5.82 Å². The molecule has 1 heterocycles. The van der Waals surface area contributed by atoms with Crippen molar-refractivity contribution >= 4 is 5.82 Å². The number of nitrogens with two attached hydrogens (primary N) is 1. The van der Waals surface area contributed by atoms with E-state index in [0.29, 0.717) is 11.4 Å². The van der Waals surface area contributed by atoms with Gasteiger partial charge in [0.1, 0.15) is 17.5 Å². The van der Waals surface area contributed by atoms with Gasteiger partial charge in [-0.05, 0) is 13.0 Å². The molecule has 2 aromatic rings. The highest BCUT2D eigenvalue weighted by Crippen LogP contribution is 2.18. The first kappa shape index (κ1) is 10.1. The van der Waals surface area contributed by atoms with Crippen molar-refractivity contribution in [2.24, 2.45) is 0 Å². The standard InChI is InChI=1S/C12H10N4/c1-8-3-2-4-9(5-8)12-15-7-10(6-13)11(14)16-12/h2-5,7H,1H3,(H2,14,15,16). The third-order valence-corrected chi connectivity index (χ3v) is 2.21. The molecule has 2 N–H and O–H groups in total. The van der Waals surface area contributed by atoms with E-state index in [1.807, 2.05) is 37.3 Å². The SMILES string of the molecule is Cc1cccc(-c2ncc(C#N)c(N)n2)c1. The fourth-order valence-corrected chi connectivity index (χ4v) is 1.40. The topological polar surface area (TPSA) is 75.6 Å². The molecule has 0 fully saturated rings. The van der Waals surface area contributed by atoms with Gasteiger partial charge in [-0.15, -0.1) is 0 Å². The van der Waals surface area contributed by atoms with E-state index in [1.54, 1.807) is 0 Å². The lowest BCUT2D eigenvalue weighted by Gasteiger charge is -2.02. The van der Waals surface area contributed by atoms with Gasteiger partial charge in [0.25, 0.3) is 0 Å². The van der Waals surface area contributed by atoms with E-state index in [2.05, 4.69) is 9.97 Å². The number of nitriles is 1. The maximum absolute atomic E-state index is 8.71. The third-order valence-electron chi connectivity index (χ3n) is 2.21. The number of aryl methyl sites for hydroxylation is 1. The van der Waals surface area contributed by atoms with E-state index < -0.39 is 0 Å². The Balaban J connectivity index is 2.50. The van der Waals surface area contributed by atoms with E-state index in [-0.39, 0.29) is 5.82 Å². The summed E-state index contributed by atoms with van der Waals surface area (Å²) in [5.74, 6) is 0.759. The predicted octanol–water partition coefficient (Wildman–Crippen LogP) is 1.91. The highest BCUT2D eigenvalue weighted by atomic mass is 14.9. The molecule has 0 amide bonds. The van der Waals surface area contributed by atoms with Gasteiger partial charge in [-0.3, -0.25) is 0 Å². The van der Waals surface area contributed by atoms with Crippen molar-refractivity contribution in [1.29, 1.82) is 5.26 Å². The summed E-state index contributed by atoms with van der Waals surface area (Å²) in [6.45, 7) is 2.00.